The molecule has 0 aliphatic carbocycles. The lowest BCUT2D eigenvalue weighted by Crippen LogP contribution is -2.53. The average molecular weight is 423 g/mol. The minimum absolute atomic E-state index is 0.0677. The zero-order valence-electron chi connectivity index (χ0n) is 18.9. The Balaban J connectivity index is 2.74. The van der Waals surface area contributed by atoms with E-state index < -0.39 is 41.3 Å². The molecule has 1 aromatic rings. The Labute approximate surface area is 178 Å². The highest BCUT2D eigenvalue weighted by Crippen LogP contribution is 2.14. The maximum Gasteiger partial charge on any atom is 0.408 e. The predicted octanol–water partition coefficient (Wildman–Crippen LogP) is 3.58. The zero-order chi connectivity index (χ0) is 22.9. The summed E-state index contributed by atoms with van der Waals surface area (Å²) in [6, 6.07) is 8.18. The fourth-order valence-electron chi connectivity index (χ4n) is 2.56. The van der Waals surface area contributed by atoms with Crippen molar-refractivity contribution < 1.29 is 28.6 Å². The summed E-state index contributed by atoms with van der Waals surface area (Å²) >= 11 is 0. The summed E-state index contributed by atoms with van der Waals surface area (Å²) in [4.78, 5) is 36.8. The number of carbonyl (C=O) groups excluding carboxylic acids is 3. The molecule has 8 nitrogen and oxygen atoms in total. The third kappa shape index (κ3) is 10.8. The van der Waals surface area contributed by atoms with E-state index in [-0.39, 0.29) is 13.2 Å². The first kappa shape index (κ1) is 25.4. The third-order valence-electron chi connectivity index (χ3n) is 3.65. The maximum absolute atomic E-state index is 12.7. The molecule has 0 aliphatic heterocycles. The molecule has 8 heteroatoms. The number of amides is 2. The molecule has 0 spiro atoms. The number of hydrogen-bond donors (Lipinski definition) is 2. The zero-order valence-corrected chi connectivity index (χ0v) is 18.9. The van der Waals surface area contributed by atoms with Crippen LogP contribution in [0.1, 0.15) is 54.0 Å². The first-order valence-electron chi connectivity index (χ1n) is 9.91. The van der Waals surface area contributed by atoms with Gasteiger partial charge in [0.2, 0.25) is 0 Å². The molecule has 0 heterocycles. The van der Waals surface area contributed by atoms with Gasteiger partial charge >= 0.3 is 12.2 Å². The van der Waals surface area contributed by atoms with Crippen LogP contribution in [0.25, 0.3) is 0 Å². The van der Waals surface area contributed by atoms with E-state index in [9.17, 15) is 14.4 Å². The van der Waals surface area contributed by atoms with Gasteiger partial charge in [0.25, 0.3) is 0 Å². The molecule has 168 valence electrons. The lowest BCUT2D eigenvalue weighted by Gasteiger charge is -2.30. The van der Waals surface area contributed by atoms with Crippen molar-refractivity contribution in [2.75, 3.05) is 6.54 Å². The van der Waals surface area contributed by atoms with Gasteiger partial charge in [-0.1, -0.05) is 30.3 Å². The second-order valence-corrected chi connectivity index (χ2v) is 8.94. The Kier molecular flexibility index (Phi) is 9.29. The first-order valence-corrected chi connectivity index (χ1v) is 9.91. The highest BCUT2D eigenvalue weighted by atomic mass is 16.6. The highest BCUT2D eigenvalue weighted by molar-refractivity contribution is 5.91. The van der Waals surface area contributed by atoms with Gasteiger partial charge in [0.05, 0.1) is 18.2 Å². The quantitative estimate of drug-likeness (QED) is 0.664. The lowest BCUT2D eigenvalue weighted by atomic mass is 10.1. The summed E-state index contributed by atoms with van der Waals surface area (Å²) in [7, 11) is 0. The van der Waals surface area contributed by atoms with Crippen molar-refractivity contribution in [3.8, 4) is 0 Å². The summed E-state index contributed by atoms with van der Waals surface area (Å²) in [5, 5.41) is 4.96. The minimum Gasteiger partial charge on any atom is -0.445 e. The summed E-state index contributed by atoms with van der Waals surface area (Å²) in [6.07, 6.45) is -2.12. The number of carbonyl (C=O) groups is 3. The molecule has 0 saturated carbocycles. The Morgan fingerprint density at radius 1 is 0.933 bits per heavy atom. The smallest absolute Gasteiger partial charge is 0.408 e. The Bertz CT molecular complexity index is 707. The van der Waals surface area contributed by atoms with Gasteiger partial charge in [0.15, 0.2) is 5.78 Å². The van der Waals surface area contributed by atoms with Gasteiger partial charge in [-0.2, -0.15) is 0 Å². The largest absolute Gasteiger partial charge is 0.445 e. The Morgan fingerprint density at radius 3 is 2.07 bits per heavy atom. The van der Waals surface area contributed by atoms with Crippen LogP contribution in [0.3, 0.4) is 0 Å². The number of alkyl carbamates (subject to hydrolysis) is 2. The third-order valence-corrected chi connectivity index (χ3v) is 3.65. The summed E-state index contributed by atoms with van der Waals surface area (Å²) in [6.45, 7) is 12.1. The molecule has 2 N–H and O–H groups in total. The molecular weight excluding hydrogens is 388 g/mol. The second-order valence-electron chi connectivity index (χ2n) is 8.94. The van der Waals surface area contributed by atoms with Crippen molar-refractivity contribution in [1.82, 2.24) is 10.6 Å². The standard InChI is InChI=1S/C22H34N2O6/c1-15(29-21(2,3)4)18(17(25)13-23-19(26)30-22(5,6)7)24-20(27)28-14-16-11-9-8-10-12-16/h8-12,15,18H,13-14H2,1-7H3,(H,23,26)(H,24,27)/t15?,18-/m0/s1. The Morgan fingerprint density at radius 2 is 1.53 bits per heavy atom. The number of benzene rings is 1. The molecule has 0 aromatic heterocycles. The number of hydrogen-bond acceptors (Lipinski definition) is 6. The normalized spacial score (nSPS) is 13.7. The minimum atomic E-state index is -1.01. The van der Waals surface area contributed by atoms with Crippen molar-refractivity contribution in [2.45, 2.75) is 78.4 Å². The van der Waals surface area contributed by atoms with Gasteiger partial charge in [-0.15, -0.1) is 0 Å². The molecule has 1 rings (SSSR count). The first-order chi connectivity index (χ1) is 13.8. The van der Waals surface area contributed by atoms with E-state index in [0.717, 1.165) is 5.56 Å². The van der Waals surface area contributed by atoms with Crippen molar-refractivity contribution in [2.24, 2.45) is 0 Å². The topological polar surface area (TPSA) is 103 Å². The van der Waals surface area contributed by atoms with Crippen LogP contribution in [0, 0.1) is 0 Å². The summed E-state index contributed by atoms with van der Waals surface area (Å²) in [5.41, 5.74) is -0.401. The van der Waals surface area contributed by atoms with E-state index in [1.165, 1.54) is 0 Å². The van der Waals surface area contributed by atoms with Crippen LogP contribution in [-0.4, -0.2) is 47.9 Å². The van der Waals surface area contributed by atoms with Gasteiger partial charge in [-0.25, -0.2) is 9.59 Å². The van der Waals surface area contributed by atoms with Crippen molar-refractivity contribution >= 4 is 18.0 Å². The van der Waals surface area contributed by atoms with Crippen LogP contribution < -0.4 is 10.6 Å². The molecular formula is C22H34N2O6. The SMILES string of the molecule is CC(OC(C)(C)C)[C@H](NC(=O)OCc1ccccc1)C(=O)CNC(=O)OC(C)(C)C. The fraction of sp³-hybridized carbons (Fsp3) is 0.591. The van der Waals surface area contributed by atoms with Crippen LogP contribution in [0.5, 0.6) is 0 Å². The number of ether oxygens (including phenoxy) is 3. The monoisotopic (exact) mass is 422 g/mol. The van der Waals surface area contributed by atoms with Crippen molar-refractivity contribution in [3.63, 3.8) is 0 Å². The molecule has 1 aromatic carbocycles. The molecule has 0 bridgehead atoms. The fourth-order valence-corrected chi connectivity index (χ4v) is 2.56. The van der Waals surface area contributed by atoms with Gasteiger partial charge in [-0.3, -0.25) is 4.79 Å². The van der Waals surface area contributed by atoms with Crippen LogP contribution in [0.4, 0.5) is 9.59 Å². The van der Waals surface area contributed by atoms with Crippen LogP contribution in [0.2, 0.25) is 0 Å². The number of Topliss-reactive ketones (excluding diaryl/α,β-unsaturated/α-hetero) is 1. The van der Waals surface area contributed by atoms with Crippen molar-refractivity contribution in [3.05, 3.63) is 35.9 Å². The van der Waals surface area contributed by atoms with E-state index in [2.05, 4.69) is 10.6 Å². The molecule has 30 heavy (non-hydrogen) atoms. The predicted molar refractivity (Wildman–Crippen MR) is 113 cm³/mol. The number of ketones is 1. The second kappa shape index (κ2) is 11.0. The van der Waals surface area contributed by atoms with Crippen LogP contribution in [0.15, 0.2) is 30.3 Å². The molecule has 0 fully saturated rings. The van der Waals surface area contributed by atoms with E-state index in [1.807, 2.05) is 51.1 Å². The van der Waals surface area contributed by atoms with Gasteiger partial charge in [0, 0.05) is 0 Å². The summed E-state index contributed by atoms with van der Waals surface area (Å²) in [5.74, 6) is -0.436. The molecule has 2 atom stereocenters. The molecule has 2 amide bonds. The highest BCUT2D eigenvalue weighted by Gasteiger charge is 2.31. The van der Waals surface area contributed by atoms with E-state index in [0.29, 0.717) is 0 Å². The molecule has 0 aliphatic rings. The Hall–Kier alpha value is -2.61. The lowest BCUT2D eigenvalue weighted by molar-refractivity contribution is -0.128. The van der Waals surface area contributed by atoms with Crippen LogP contribution in [-0.2, 0) is 25.6 Å². The summed E-state index contributed by atoms with van der Waals surface area (Å²) < 4.78 is 16.2. The molecule has 1 unspecified atom stereocenters. The molecule has 0 radical (unpaired) electrons. The van der Waals surface area contributed by atoms with E-state index in [1.54, 1.807) is 27.7 Å². The van der Waals surface area contributed by atoms with Gasteiger partial charge in [-0.05, 0) is 54.0 Å². The number of rotatable bonds is 8. The van der Waals surface area contributed by atoms with E-state index in [4.69, 9.17) is 14.2 Å². The van der Waals surface area contributed by atoms with Gasteiger partial charge in [0.1, 0.15) is 18.2 Å². The average Bonchev–Trinajstić information content (AvgIpc) is 2.60. The van der Waals surface area contributed by atoms with Crippen molar-refractivity contribution in [1.29, 1.82) is 0 Å². The van der Waals surface area contributed by atoms with Crippen LogP contribution >= 0.6 is 0 Å². The van der Waals surface area contributed by atoms with Gasteiger partial charge < -0.3 is 24.8 Å². The molecule has 0 saturated heterocycles. The van der Waals surface area contributed by atoms with E-state index >= 15 is 0 Å². The maximum atomic E-state index is 12.7. The number of nitrogens with one attached hydrogen (secondary N) is 2.